The minimum atomic E-state index is -0.513. The van der Waals surface area contributed by atoms with Crippen molar-refractivity contribution in [3.63, 3.8) is 0 Å². The van der Waals surface area contributed by atoms with Crippen LogP contribution in [0.15, 0.2) is 47.7 Å². The lowest BCUT2D eigenvalue weighted by molar-refractivity contribution is 0.510. The SMILES string of the molecule is NC(Cn1nc2cnccn2c1=O)c1cccc(F)c1. The first-order chi connectivity index (χ1) is 9.65. The van der Waals surface area contributed by atoms with Crippen LogP contribution in [0, 0.1) is 5.82 Å². The molecule has 0 saturated heterocycles. The van der Waals surface area contributed by atoms with Gasteiger partial charge in [0.15, 0.2) is 5.65 Å². The number of fused-ring (bicyclic) bond motifs is 1. The van der Waals surface area contributed by atoms with Crippen LogP contribution in [0.4, 0.5) is 4.39 Å². The molecule has 3 rings (SSSR count). The molecule has 0 spiro atoms. The topological polar surface area (TPSA) is 78.2 Å². The molecule has 0 radical (unpaired) electrons. The number of hydrogen-bond donors (Lipinski definition) is 1. The summed E-state index contributed by atoms with van der Waals surface area (Å²) >= 11 is 0. The van der Waals surface area contributed by atoms with E-state index in [4.69, 9.17) is 5.73 Å². The van der Waals surface area contributed by atoms with E-state index in [9.17, 15) is 9.18 Å². The largest absolute Gasteiger partial charge is 0.350 e. The maximum Gasteiger partial charge on any atom is 0.350 e. The second kappa shape index (κ2) is 4.86. The minimum Gasteiger partial charge on any atom is -0.322 e. The molecule has 1 atom stereocenters. The van der Waals surface area contributed by atoms with Crippen LogP contribution in [0.3, 0.4) is 0 Å². The Bertz CT molecular complexity index is 810. The van der Waals surface area contributed by atoms with Gasteiger partial charge in [-0.15, -0.1) is 5.10 Å². The average Bonchev–Trinajstić information content (AvgIpc) is 2.76. The first-order valence-corrected chi connectivity index (χ1v) is 6.05. The van der Waals surface area contributed by atoms with Crippen LogP contribution in [-0.2, 0) is 6.54 Å². The van der Waals surface area contributed by atoms with Crippen molar-refractivity contribution < 1.29 is 4.39 Å². The van der Waals surface area contributed by atoms with Gasteiger partial charge in [-0.05, 0) is 17.7 Å². The van der Waals surface area contributed by atoms with E-state index in [0.29, 0.717) is 11.2 Å². The summed E-state index contributed by atoms with van der Waals surface area (Å²) in [5.74, 6) is -0.357. The molecule has 6 nitrogen and oxygen atoms in total. The van der Waals surface area contributed by atoms with E-state index in [1.165, 1.54) is 39.8 Å². The fourth-order valence-corrected chi connectivity index (χ4v) is 2.03. The zero-order valence-corrected chi connectivity index (χ0v) is 10.5. The number of aromatic nitrogens is 4. The lowest BCUT2D eigenvalue weighted by atomic mass is 10.1. The van der Waals surface area contributed by atoms with Crippen LogP contribution < -0.4 is 11.4 Å². The summed E-state index contributed by atoms with van der Waals surface area (Å²) in [6.45, 7) is 0.171. The molecule has 2 heterocycles. The highest BCUT2D eigenvalue weighted by Gasteiger charge is 2.12. The first kappa shape index (κ1) is 12.5. The van der Waals surface area contributed by atoms with Crippen LogP contribution >= 0.6 is 0 Å². The Kier molecular flexibility index (Phi) is 3.03. The average molecular weight is 273 g/mol. The quantitative estimate of drug-likeness (QED) is 0.763. The van der Waals surface area contributed by atoms with E-state index in [1.807, 2.05) is 0 Å². The van der Waals surface area contributed by atoms with Gasteiger partial charge >= 0.3 is 5.69 Å². The van der Waals surface area contributed by atoms with Crippen molar-refractivity contribution in [2.45, 2.75) is 12.6 Å². The molecule has 20 heavy (non-hydrogen) atoms. The van der Waals surface area contributed by atoms with Crippen molar-refractivity contribution in [3.8, 4) is 0 Å². The summed E-state index contributed by atoms with van der Waals surface area (Å²) in [5.41, 5.74) is 6.76. The van der Waals surface area contributed by atoms with E-state index in [1.54, 1.807) is 12.1 Å². The van der Waals surface area contributed by atoms with Gasteiger partial charge in [0, 0.05) is 18.4 Å². The van der Waals surface area contributed by atoms with Gasteiger partial charge in [-0.3, -0.25) is 4.98 Å². The Morgan fingerprint density at radius 3 is 3.00 bits per heavy atom. The van der Waals surface area contributed by atoms with Crippen LogP contribution in [0.1, 0.15) is 11.6 Å². The summed E-state index contributed by atoms with van der Waals surface area (Å²) in [6, 6.07) is 5.49. The Morgan fingerprint density at radius 1 is 1.40 bits per heavy atom. The van der Waals surface area contributed by atoms with Gasteiger partial charge in [0.2, 0.25) is 0 Å². The van der Waals surface area contributed by atoms with Crippen LogP contribution in [0.5, 0.6) is 0 Å². The number of nitrogens with two attached hydrogens (primary N) is 1. The fourth-order valence-electron chi connectivity index (χ4n) is 2.03. The van der Waals surface area contributed by atoms with E-state index in [2.05, 4.69) is 10.1 Å². The zero-order valence-electron chi connectivity index (χ0n) is 10.5. The molecule has 7 heteroatoms. The van der Waals surface area contributed by atoms with Gasteiger partial charge in [-0.1, -0.05) is 12.1 Å². The predicted molar refractivity (Wildman–Crippen MR) is 70.6 cm³/mol. The second-order valence-electron chi connectivity index (χ2n) is 4.43. The molecule has 2 aromatic heterocycles. The lowest BCUT2D eigenvalue weighted by Gasteiger charge is -2.11. The van der Waals surface area contributed by atoms with Gasteiger partial charge in [-0.2, -0.15) is 0 Å². The molecular weight excluding hydrogens is 261 g/mol. The molecule has 0 bridgehead atoms. The molecular formula is C13H12FN5O. The Morgan fingerprint density at radius 2 is 2.25 bits per heavy atom. The fraction of sp³-hybridized carbons (Fsp3) is 0.154. The highest BCUT2D eigenvalue weighted by molar-refractivity contribution is 5.31. The smallest absolute Gasteiger partial charge is 0.322 e. The maximum atomic E-state index is 13.2. The maximum absolute atomic E-state index is 13.2. The Labute approximate surface area is 113 Å². The molecule has 0 saturated carbocycles. The molecule has 0 amide bonds. The van der Waals surface area contributed by atoms with Crippen molar-refractivity contribution >= 4 is 5.65 Å². The molecule has 0 aliphatic heterocycles. The van der Waals surface area contributed by atoms with Crippen molar-refractivity contribution in [1.82, 2.24) is 19.2 Å². The Balaban J connectivity index is 1.93. The van der Waals surface area contributed by atoms with Crippen molar-refractivity contribution in [3.05, 3.63) is 64.7 Å². The highest BCUT2D eigenvalue weighted by Crippen LogP contribution is 2.13. The third kappa shape index (κ3) is 2.19. The summed E-state index contributed by atoms with van der Waals surface area (Å²) < 4.78 is 15.8. The van der Waals surface area contributed by atoms with E-state index >= 15 is 0 Å². The van der Waals surface area contributed by atoms with Crippen molar-refractivity contribution in [2.75, 3.05) is 0 Å². The molecule has 102 valence electrons. The van der Waals surface area contributed by atoms with E-state index < -0.39 is 6.04 Å². The normalized spacial score (nSPS) is 12.7. The molecule has 1 unspecified atom stereocenters. The number of benzene rings is 1. The van der Waals surface area contributed by atoms with Crippen molar-refractivity contribution in [2.24, 2.45) is 5.73 Å². The van der Waals surface area contributed by atoms with Crippen molar-refractivity contribution in [1.29, 1.82) is 0 Å². The third-order valence-corrected chi connectivity index (χ3v) is 3.04. The molecule has 0 aliphatic rings. The molecule has 3 aromatic rings. The predicted octanol–water partition coefficient (Wildman–Crippen LogP) is 0.730. The molecule has 2 N–H and O–H groups in total. The molecule has 0 aliphatic carbocycles. The third-order valence-electron chi connectivity index (χ3n) is 3.04. The number of nitrogens with zero attached hydrogens (tertiary/aromatic N) is 4. The standard InChI is InChI=1S/C13H12FN5O/c14-10-3-1-2-9(6-10)11(15)8-19-13(20)18-5-4-16-7-12(18)17-19/h1-7,11H,8,15H2. The Hall–Kier alpha value is -2.54. The van der Waals surface area contributed by atoms with Gasteiger partial charge in [0.1, 0.15) is 5.82 Å². The summed E-state index contributed by atoms with van der Waals surface area (Å²) in [4.78, 5) is 16.0. The number of hydrogen-bond acceptors (Lipinski definition) is 4. The summed E-state index contributed by atoms with van der Waals surface area (Å²) in [6.07, 6.45) is 4.54. The second-order valence-corrected chi connectivity index (χ2v) is 4.43. The number of rotatable bonds is 3. The summed E-state index contributed by atoms with van der Waals surface area (Å²) in [7, 11) is 0. The summed E-state index contributed by atoms with van der Waals surface area (Å²) in [5, 5.41) is 4.13. The van der Waals surface area contributed by atoms with Crippen LogP contribution in [-0.4, -0.2) is 19.2 Å². The van der Waals surface area contributed by atoms with E-state index in [-0.39, 0.29) is 18.1 Å². The van der Waals surface area contributed by atoms with Gasteiger partial charge < -0.3 is 5.73 Å². The minimum absolute atomic E-state index is 0.171. The van der Waals surface area contributed by atoms with E-state index in [0.717, 1.165) is 0 Å². The highest BCUT2D eigenvalue weighted by atomic mass is 19.1. The lowest BCUT2D eigenvalue weighted by Crippen LogP contribution is -2.27. The van der Waals surface area contributed by atoms with Gasteiger partial charge in [0.05, 0.1) is 12.7 Å². The monoisotopic (exact) mass is 273 g/mol. The molecule has 0 fully saturated rings. The van der Waals surface area contributed by atoms with Gasteiger partial charge in [-0.25, -0.2) is 18.3 Å². The van der Waals surface area contributed by atoms with Crippen LogP contribution in [0.2, 0.25) is 0 Å². The van der Waals surface area contributed by atoms with Gasteiger partial charge in [0.25, 0.3) is 0 Å². The number of halogens is 1. The van der Waals surface area contributed by atoms with Crippen LogP contribution in [0.25, 0.3) is 5.65 Å². The first-order valence-electron chi connectivity index (χ1n) is 6.05. The molecule has 1 aromatic carbocycles. The zero-order chi connectivity index (χ0) is 14.1.